The van der Waals surface area contributed by atoms with Gasteiger partial charge in [0.2, 0.25) is 5.54 Å². The Labute approximate surface area is 163 Å². The molecule has 0 aliphatic rings. The molecule has 0 bridgehead atoms. The fourth-order valence-electron chi connectivity index (χ4n) is 2.90. The third-order valence-corrected chi connectivity index (χ3v) is 4.27. The summed E-state index contributed by atoms with van der Waals surface area (Å²) in [5, 5.41) is 3.67. The highest BCUT2D eigenvalue weighted by Crippen LogP contribution is 2.24. The van der Waals surface area contributed by atoms with Gasteiger partial charge in [-0.1, -0.05) is 0 Å². The number of benzene rings is 1. The van der Waals surface area contributed by atoms with E-state index in [1.165, 1.54) is 6.92 Å². The van der Waals surface area contributed by atoms with Crippen molar-refractivity contribution in [1.29, 1.82) is 0 Å². The molecule has 0 saturated carbocycles. The topological polar surface area (TPSA) is 95.9 Å². The fourth-order valence-corrected chi connectivity index (χ4v) is 2.90. The summed E-state index contributed by atoms with van der Waals surface area (Å²) in [5.74, 6) is -1.10. The van der Waals surface area contributed by atoms with Crippen molar-refractivity contribution in [3.05, 3.63) is 30.5 Å². The minimum atomic E-state index is -1.84. The van der Waals surface area contributed by atoms with Gasteiger partial charge in [0.15, 0.2) is 0 Å². The van der Waals surface area contributed by atoms with Crippen LogP contribution in [-0.2, 0) is 30.4 Å². The van der Waals surface area contributed by atoms with Crippen molar-refractivity contribution < 1.29 is 28.6 Å². The normalized spacial score (nSPS) is 11.3. The zero-order chi connectivity index (χ0) is 20.7. The number of Topliss-reactive ketones (excluding diaryl/α,β-unsaturated/α-hetero) is 1. The van der Waals surface area contributed by atoms with E-state index in [9.17, 15) is 14.4 Å². The Morgan fingerprint density at radius 3 is 2.25 bits per heavy atom. The molecule has 1 aromatic carbocycles. The second-order valence-corrected chi connectivity index (χ2v) is 6.27. The van der Waals surface area contributed by atoms with Crippen molar-refractivity contribution >= 4 is 28.6 Å². The second-order valence-electron chi connectivity index (χ2n) is 6.27. The van der Waals surface area contributed by atoms with Gasteiger partial charge in [-0.15, -0.1) is 0 Å². The molecule has 0 saturated heterocycles. The molecule has 0 fully saturated rings. The van der Waals surface area contributed by atoms with Crippen molar-refractivity contribution in [3.63, 3.8) is 0 Å². The zero-order valence-electron chi connectivity index (χ0n) is 16.6. The zero-order valence-corrected chi connectivity index (χ0v) is 16.6. The van der Waals surface area contributed by atoms with Crippen LogP contribution in [-0.4, -0.2) is 54.7 Å². The maximum absolute atomic E-state index is 12.8. The van der Waals surface area contributed by atoms with Crippen molar-refractivity contribution in [2.75, 3.05) is 26.9 Å². The number of ether oxygens (including phenoxy) is 3. The molecule has 2 rings (SSSR count). The molecule has 0 amide bonds. The van der Waals surface area contributed by atoms with Crippen LogP contribution >= 0.6 is 0 Å². The molecule has 0 unspecified atom stereocenters. The highest BCUT2D eigenvalue weighted by atomic mass is 16.6. The first kappa shape index (κ1) is 21.4. The van der Waals surface area contributed by atoms with E-state index in [1.807, 2.05) is 18.2 Å². The molecule has 1 aromatic heterocycles. The number of rotatable bonds is 10. The Hall–Kier alpha value is -2.87. The number of esters is 2. The van der Waals surface area contributed by atoms with E-state index in [2.05, 4.69) is 5.32 Å². The number of fused-ring (bicyclic) bond motifs is 1. The minimum absolute atomic E-state index is 0.0887. The predicted octanol–water partition coefficient (Wildman–Crippen LogP) is 1.69. The Balaban J connectivity index is 2.51. The molecule has 2 aromatic rings. The summed E-state index contributed by atoms with van der Waals surface area (Å²) in [7, 11) is 1.58. The number of methoxy groups -OCH3 is 1. The largest absolute Gasteiger partial charge is 0.497 e. The molecule has 0 aliphatic carbocycles. The third kappa shape index (κ3) is 4.51. The van der Waals surface area contributed by atoms with Crippen LogP contribution in [0, 0.1) is 0 Å². The average Bonchev–Trinajstić information content (AvgIpc) is 3.06. The molecule has 152 valence electrons. The smallest absolute Gasteiger partial charge is 0.340 e. The number of ketones is 1. The van der Waals surface area contributed by atoms with Gasteiger partial charge in [-0.3, -0.25) is 10.1 Å². The first-order chi connectivity index (χ1) is 13.4. The first-order valence-electron chi connectivity index (χ1n) is 9.09. The lowest BCUT2D eigenvalue weighted by atomic mass is 9.98. The molecule has 8 nitrogen and oxygen atoms in total. The van der Waals surface area contributed by atoms with Crippen LogP contribution in [0.5, 0.6) is 5.75 Å². The molecule has 28 heavy (non-hydrogen) atoms. The molecule has 1 N–H and O–H groups in total. The Kier molecular flexibility index (Phi) is 7.17. The number of aromatic nitrogens is 1. The standard InChI is InChI=1S/C20H26N2O6/c1-5-27-18(24)20(19(25)28-6-2,21-12-14(3)23)13-22-10-9-15-11-16(26-4)7-8-17(15)22/h7-11,21H,5-6,12-13H2,1-4H3. The number of nitrogens with one attached hydrogen (secondary N) is 1. The highest BCUT2D eigenvalue weighted by Gasteiger charge is 2.49. The van der Waals surface area contributed by atoms with E-state index in [0.29, 0.717) is 5.75 Å². The third-order valence-electron chi connectivity index (χ3n) is 4.27. The van der Waals surface area contributed by atoms with Gasteiger partial charge >= 0.3 is 11.9 Å². The average molecular weight is 390 g/mol. The maximum atomic E-state index is 12.8. The minimum Gasteiger partial charge on any atom is -0.497 e. The molecular weight excluding hydrogens is 364 g/mol. The summed E-state index contributed by atoms with van der Waals surface area (Å²) in [6.07, 6.45) is 1.76. The molecule has 1 heterocycles. The maximum Gasteiger partial charge on any atom is 0.340 e. The number of hydrogen-bond donors (Lipinski definition) is 1. The number of nitrogens with zero attached hydrogens (tertiary/aromatic N) is 1. The predicted molar refractivity (Wildman–Crippen MR) is 103 cm³/mol. The molecular formula is C20H26N2O6. The SMILES string of the molecule is CCOC(=O)C(Cn1ccc2cc(OC)ccc21)(NCC(C)=O)C(=O)OCC. The van der Waals surface area contributed by atoms with Gasteiger partial charge in [0.05, 0.1) is 33.4 Å². The van der Waals surface area contributed by atoms with Crippen molar-refractivity contribution in [2.45, 2.75) is 32.9 Å². The van der Waals surface area contributed by atoms with Crippen molar-refractivity contribution in [3.8, 4) is 5.75 Å². The van der Waals surface area contributed by atoms with Gasteiger partial charge in [0.1, 0.15) is 11.5 Å². The van der Waals surface area contributed by atoms with Crippen LogP contribution in [0.25, 0.3) is 10.9 Å². The van der Waals surface area contributed by atoms with Crippen LogP contribution in [0.3, 0.4) is 0 Å². The number of carbonyl (C=O) groups excluding carboxylic acids is 3. The van der Waals surface area contributed by atoms with E-state index < -0.39 is 17.5 Å². The van der Waals surface area contributed by atoms with Crippen molar-refractivity contribution in [1.82, 2.24) is 9.88 Å². The van der Waals surface area contributed by atoms with Crippen LogP contribution in [0.4, 0.5) is 0 Å². The highest BCUT2D eigenvalue weighted by molar-refractivity contribution is 6.05. The molecule has 0 spiro atoms. The van der Waals surface area contributed by atoms with Crippen molar-refractivity contribution in [2.24, 2.45) is 0 Å². The van der Waals surface area contributed by atoms with Gasteiger partial charge < -0.3 is 18.8 Å². The summed E-state index contributed by atoms with van der Waals surface area (Å²) in [4.78, 5) is 37.2. The van der Waals surface area contributed by atoms with Gasteiger partial charge in [0, 0.05) is 17.1 Å². The molecule has 0 aliphatic heterocycles. The lowest BCUT2D eigenvalue weighted by molar-refractivity contribution is -0.167. The quantitative estimate of drug-likeness (QED) is 0.487. The molecule has 8 heteroatoms. The second kappa shape index (κ2) is 9.36. The molecule has 0 radical (unpaired) electrons. The lowest BCUT2D eigenvalue weighted by Crippen LogP contribution is -2.63. The van der Waals surface area contributed by atoms with E-state index in [1.54, 1.807) is 37.8 Å². The molecule has 0 atom stereocenters. The van der Waals surface area contributed by atoms with E-state index >= 15 is 0 Å². The summed E-state index contributed by atoms with van der Waals surface area (Å²) in [5.41, 5.74) is -1.05. The fraction of sp³-hybridized carbons (Fsp3) is 0.450. The summed E-state index contributed by atoms with van der Waals surface area (Å²) in [6.45, 7) is 4.58. The number of carbonyl (C=O) groups is 3. The Morgan fingerprint density at radius 1 is 1.07 bits per heavy atom. The first-order valence-corrected chi connectivity index (χ1v) is 9.09. The number of hydrogen-bond acceptors (Lipinski definition) is 7. The summed E-state index contributed by atoms with van der Waals surface area (Å²) >= 11 is 0. The Bertz CT molecular complexity index is 839. The van der Waals surface area contributed by atoms with Crippen LogP contribution in [0.2, 0.25) is 0 Å². The monoisotopic (exact) mass is 390 g/mol. The summed E-state index contributed by atoms with van der Waals surface area (Å²) < 4.78 is 17.3. The van der Waals surface area contributed by atoms with Gasteiger partial charge in [-0.2, -0.15) is 0 Å². The van der Waals surface area contributed by atoms with Gasteiger partial charge in [-0.25, -0.2) is 9.59 Å². The van der Waals surface area contributed by atoms with E-state index in [4.69, 9.17) is 14.2 Å². The van der Waals surface area contributed by atoms with Crippen LogP contribution in [0.1, 0.15) is 20.8 Å². The van der Waals surface area contributed by atoms with E-state index in [-0.39, 0.29) is 32.1 Å². The summed E-state index contributed by atoms with van der Waals surface area (Å²) in [6, 6.07) is 7.33. The lowest BCUT2D eigenvalue weighted by Gasteiger charge is -2.30. The van der Waals surface area contributed by atoms with Crippen LogP contribution in [0.15, 0.2) is 30.5 Å². The Morgan fingerprint density at radius 2 is 1.71 bits per heavy atom. The van der Waals surface area contributed by atoms with Gasteiger partial charge in [0.25, 0.3) is 0 Å². The van der Waals surface area contributed by atoms with Crippen LogP contribution < -0.4 is 10.1 Å². The van der Waals surface area contributed by atoms with E-state index in [0.717, 1.165) is 10.9 Å². The van der Waals surface area contributed by atoms with Gasteiger partial charge in [-0.05, 0) is 45.0 Å².